The molecule has 0 bridgehead atoms. The van der Waals surface area contributed by atoms with Crippen LogP contribution in [-0.2, 0) is 16.0 Å². The molecular formula is C32H46FNO3. The van der Waals surface area contributed by atoms with Gasteiger partial charge in [0.15, 0.2) is 6.17 Å². The first-order chi connectivity index (χ1) is 18.1. The molecule has 37 heavy (non-hydrogen) atoms. The zero-order chi connectivity index (χ0) is 26.3. The zero-order valence-electron chi connectivity index (χ0n) is 22.9. The molecule has 1 aromatic heterocycles. The third kappa shape index (κ3) is 10.5. The Morgan fingerprint density at radius 3 is 2.30 bits per heavy atom. The summed E-state index contributed by atoms with van der Waals surface area (Å²) in [5.74, 6) is 0.597. The highest BCUT2D eigenvalue weighted by atomic mass is 19.1. The Morgan fingerprint density at radius 1 is 0.919 bits per heavy atom. The maximum absolute atomic E-state index is 13.9. The number of ether oxygens (including phenoxy) is 2. The maximum atomic E-state index is 13.9. The summed E-state index contributed by atoms with van der Waals surface area (Å²) in [4.78, 5) is 16.6. The number of carbonyl (C=O) groups excluding carboxylic acids is 1. The van der Waals surface area contributed by atoms with Crippen LogP contribution in [0.3, 0.4) is 0 Å². The van der Waals surface area contributed by atoms with Crippen LogP contribution in [-0.4, -0.2) is 29.8 Å². The molecule has 0 N–H and O–H groups in total. The molecule has 5 heteroatoms. The quantitative estimate of drug-likeness (QED) is 0.167. The van der Waals surface area contributed by atoms with E-state index in [1.54, 1.807) is 0 Å². The molecule has 1 aliphatic rings. The van der Waals surface area contributed by atoms with Gasteiger partial charge in [0.05, 0.1) is 12.3 Å². The molecule has 3 rings (SSSR count). The van der Waals surface area contributed by atoms with Gasteiger partial charge in [0.25, 0.3) is 0 Å². The van der Waals surface area contributed by atoms with Crippen molar-refractivity contribution < 1.29 is 18.7 Å². The number of rotatable bonds is 16. The van der Waals surface area contributed by atoms with E-state index in [9.17, 15) is 9.18 Å². The van der Waals surface area contributed by atoms with Crippen LogP contribution < -0.4 is 4.74 Å². The smallest absolute Gasteiger partial charge is 0.340 e. The van der Waals surface area contributed by atoms with Crippen LogP contribution in [0.1, 0.15) is 103 Å². The number of nitrogens with zero attached hydrogens (tertiary/aromatic N) is 1. The largest absolute Gasteiger partial charge is 0.493 e. The Balaban J connectivity index is 1.35. The highest BCUT2D eigenvalue weighted by Crippen LogP contribution is 2.28. The number of pyridine rings is 1. The van der Waals surface area contributed by atoms with Crippen molar-refractivity contribution in [2.75, 3.05) is 6.61 Å². The summed E-state index contributed by atoms with van der Waals surface area (Å²) >= 11 is 0. The van der Waals surface area contributed by atoms with Crippen molar-refractivity contribution in [2.45, 2.75) is 116 Å². The molecular weight excluding hydrogens is 465 g/mol. The van der Waals surface area contributed by atoms with Crippen LogP contribution in [0.15, 0.2) is 42.6 Å². The Labute approximate surface area is 223 Å². The van der Waals surface area contributed by atoms with Crippen LogP contribution in [0.4, 0.5) is 4.39 Å². The Morgan fingerprint density at radius 2 is 1.62 bits per heavy atom. The minimum absolute atomic E-state index is 0.160. The molecule has 2 aromatic rings. The normalized spacial score (nSPS) is 18.4. The lowest BCUT2D eigenvalue weighted by molar-refractivity contribution is -0.157. The van der Waals surface area contributed by atoms with Crippen molar-refractivity contribution in [2.24, 2.45) is 5.92 Å². The number of unbranched alkanes of at least 4 members (excludes halogenated alkanes) is 6. The van der Waals surface area contributed by atoms with E-state index in [-0.39, 0.29) is 12.5 Å². The van der Waals surface area contributed by atoms with Crippen molar-refractivity contribution in [3.8, 4) is 17.0 Å². The zero-order valence-corrected chi connectivity index (χ0v) is 22.9. The van der Waals surface area contributed by atoms with E-state index in [0.717, 1.165) is 55.5 Å². The van der Waals surface area contributed by atoms with Gasteiger partial charge in [0, 0.05) is 11.8 Å². The van der Waals surface area contributed by atoms with Crippen LogP contribution in [0, 0.1) is 5.92 Å². The second kappa shape index (κ2) is 16.4. The summed E-state index contributed by atoms with van der Waals surface area (Å²) in [6.45, 7) is 4.89. The minimum Gasteiger partial charge on any atom is -0.493 e. The van der Waals surface area contributed by atoms with Gasteiger partial charge in [-0.2, -0.15) is 0 Å². The standard InChI is InChI=1S/C32H46FNO3/c1-3-5-7-8-9-10-11-25-15-22-31(34-23-25)27-16-20-28(21-17-27)36-24-26-13-18-29(19-14-26)37-32(35)30(33)12-6-4-2/h15-17,20-23,26,29-30H,3-14,18-19,24H2,1-2H3/t26-,29-,30-/m0/s1. The number of carbonyl (C=O) groups is 1. The predicted octanol–water partition coefficient (Wildman–Crippen LogP) is 8.66. The second-order valence-electron chi connectivity index (χ2n) is 10.6. The number of hydrogen-bond acceptors (Lipinski definition) is 4. The average Bonchev–Trinajstić information content (AvgIpc) is 2.94. The van der Waals surface area contributed by atoms with Crippen molar-refractivity contribution in [3.63, 3.8) is 0 Å². The molecule has 1 saturated carbocycles. The summed E-state index contributed by atoms with van der Waals surface area (Å²) in [5.41, 5.74) is 3.38. The van der Waals surface area contributed by atoms with Gasteiger partial charge in [0.2, 0.25) is 0 Å². The summed E-state index contributed by atoms with van der Waals surface area (Å²) in [6.07, 6.45) is 14.6. The van der Waals surface area contributed by atoms with Gasteiger partial charge in [0.1, 0.15) is 11.9 Å². The third-order valence-electron chi connectivity index (χ3n) is 7.42. The number of esters is 1. The van der Waals surface area contributed by atoms with Crippen molar-refractivity contribution in [1.29, 1.82) is 0 Å². The van der Waals surface area contributed by atoms with Gasteiger partial charge >= 0.3 is 5.97 Å². The monoisotopic (exact) mass is 511 g/mol. The molecule has 0 saturated heterocycles. The topological polar surface area (TPSA) is 48.4 Å². The highest BCUT2D eigenvalue weighted by Gasteiger charge is 2.27. The van der Waals surface area contributed by atoms with Gasteiger partial charge in [-0.15, -0.1) is 0 Å². The Kier molecular flexibility index (Phi) is 12.9. The molecule has 4 nitrogen and oxygen atoms in total. The van der Waals surface area contributed by atoms with Crippen LogP contribution >= 0.6 is 0 Å². The first-order valence-electron chi connectivity index (χ1n) is 14.6. The van der Waals surface area contributed by atoms with E-state index in [2.05, 4.69) is 36.2 Å². The number of alkyl halides is 1. The molecule has 204 valence electrons. The SMILES string of the molecule is CCCCCCCCc1ccc(-c2ccc(OC[C@H]3CC[C@H](OC(=O)[C@@H](F)CCCC)CC3)cc2)nc1. The Bertz CT molecular complexity index is 891. The van der Waals surface area contributed by atoms with E-state index in [1.807, 2.05) is 25.3 Å². The van der Waals surface area contributed by atoms with E-state index in [4.69, 9.17) is 9.47 Å². The second-order valence-corrected chi connectivity index (χ2v) is 10.6. The van der Waals surface area contributed by atoms with Crippen molar-refractivity contribution in [1.82, 2.24) is 4.98 Å². The number of aryl methyl sites for hydroxylation is 1. The fraction of sp³-hybridized carbons (Fsp3) is 0.625. The van der Waals surface area contributed by atoms with E-state index in [1.165, 1.54) is 44.1 Å². The number of halogens is 1. The van der Waals surface area contributed by atoms with Gasteiger partial charge in [-0.25, -0.2) is 9.18 Å². The number of hydrogen-bond donors (Lipinski definition) is 0. The summed E-state index contributed by atoms with van der Waals surface area (Å²) in [6, 6.07) is 12.5. The van der Waals surface area contributed by atoms with Crippen molar-refractivity contribution in [3.05, 3.63) is 48.2 Å². The van der Waals surface area contributed by atoms with Crippen LogP contribution in [0.2, 0.25) is 0 Å². The van der Waals surface area contributed by atoms with E-state index >= 15 is 0 Å². The van der Waals surface area contributed by atoms with Crippen LogP contribution in [0.5, 0.6) is 5.75 Å². The highest BCUT2D eigenvalue weighted by molar-refractivity contribution is 5.74. The molecule has 1 fully saturated rings. The number of benzene rings is 1. The van der Waals surface area contributed by atoms with E-state index in [0.29, 0.717) is 18.9 Å². The van der Waals surface area contributed by atoms with Gasteiger partial charge in [-0.05, 0) is 86.8 Å². The molecule has 0 aliphatic heterocycles. The summed E-state index contributed by atoms with van der Waals surface area (Å²) < 4.78 is 25.3. The van der Waals surface area contributed by atoms with E-state index < -0.39 is 12.1 Å². The average molecular weight is 512 g/mol. The third-order valence-corrected chi connectivity index (χ3v) is 7.42. The lowest BCUT2D eigenvalue weighted by atomic mass is 9.88. The van der Waals surface area contributed by atoms with Gasteiger partial charge < -0.3 is 9.47 Å². The van der Waals surface area contributed by atoms with Crippen molar-refractivity contribution >= 4 is 5.97 Å². The molecule has 0 spiro atoms. The molecule has 1 atom stereocenters. The fourth-order valence-electron chi connectivity index (χ4n) is 4.94. The predicted molar refractivity (Wildman–Crippen MR) is 149 cm³/mol. The first kappa shape index (κ1) is 29.1. The molecule has 1 aromatic carbocycles. The summed E-state index contributed by atoms with van der Waals surface area (Å²) in [5, 5.41) is 0. The van der Waals surface area contributed by atoms with Gasteiger partial charge in [-0.1, -0.05) is 64.9 Å². The lowest BCUT2D eigenvalue weighted by Crippen LogP contribution is -2.30. The molecule has 1 heterocycles. The Hall–Kier alpha value is -2.43. The molecule has 0 amide bonds. The molecule has 1 aliphatic carbocycles. The van der Waals surface area contributed by atoms with Crippen LogP contribution in [0.25, 0.3) is 11.3 Å². The maximum Gasteiger partial charge on any atom is 0.340 e. The lowest BCUT2D eigenvalue weighted by Gasteiger charge is -2.28. The van der Waals surface area contributed by atoms with Gasteiger partial charge in [-0.3, -0.25) is 4.98 Å². The number of aromatic nitrogens is 1. The molecule has 0 unspecified atom stereocenters. The fourth-order valence-corrected chi connectivity index (χ4v) is 4.94. The first-order valence-corrected chi connectivity index (χ1v) is 14.6. The minimum atomic E-state index is -1.48. The summed E-state index contributed by atoms with van der Waals surface area (Å²) in [7, 11) is 0. The molecule has 0 radical (unpaired) electrons.